The van der Waals surface area contributed by atoms with Crippen LogP contribution in [0.3, 0.4) is 0 Å². The first-order chi connectivity index (χ1) is 17.3. The van der Waals surface area contributed by atoms with Crippen LogP contribution in [0.2, 0.25) is 0 Å². The number of nitrogens with zero attached hydrogens (tertiary/aromatic N) is 3. The Kier molecular flexibility index (Phi) is 12.4. The Hall–Kier alpha value is -4.32. The zero-order valence-corrected chi connectivity index (χ0v) is 21.1. The molecule has 0 saturated carbocycles. The number of phenolic OH excluding ortho intramolecular Hbond substituents is 1. The molecule has 0 bridgehead atoms. The first kappa shape index (κ1) is 30.7. The number of benzene rings is 1. The van der Waals surface area contributed by atoms with Gasteiger partial charge in [0.1, 0.15) is 23.9 Å². The molecule has 14 heteroatoms. The number of carboxylic acid groups (broad SMARTS) is 1. The standard InChI is InChI=1S/C23H33N7O7/c1-12(2)20(23(37)26-13(3)21(35)28-16(10-19(33)34)11-25-30-24)29-22(36)18(27-14(4)31)9-15-5-7-17(32)8-6-15/h5-8,12-13,16,18,20,32H,9-11H2,1-4H3,(H,26,37)(H,27,31)(H,28,35)(H,29,36)(H,33,34)/t13-,16-,18-,20-/m0/s1. The zero-order chi connectivity index (χ0) is 28.1. The molecule has 0 heterocycles. The van der Waals surface area contributed by atoms with E-state index in [1.54, 1.807) is 26.0 Å². The average molecular weight is 520 g/mol. The second kappa shape index (κ2) is 14.9. The summed E-state index contributed by atoms with van der Waals surface area (Å²) >= 11 is 0. The third-order valence-corrected chi connectivity index (χ3v) is 5.20. The SMILES string of the molecule is CC(=O)N[C@@H](Cc1ccc(O)cc1)C(=O)N[C@H](C(=O)N[C@@H](C)C(=O)N[C@H](CN=[N+]=[N-])CC(=O)O)C(C)C. The summed E-state index contributed by atoms with van der Waals surface area (Å²) < 4.78 is 0. The fraction of sp³-hybridized carbons (Fsp3) is 0.522. The molecule has 202 valence electrons. The minimum atomic E-state index is -1.21. The highest BCUT2D eigenvalue weighted by molar-refractivity contribution is 5.94. The Morgan fingerprint density at radius 2 is 1.57 bits per heavy atom. The molecule has 0 saturated heterocycles. The molecule has 0 fully saturated rings. The van der Waals surface area contributed by atoms with E-state index in [0.717, 1.165) is 0 Å². The summed E-state index contributed by atoms with van der Waals surface area (Å²) in [4.78, 5) is 63.7. The van der Waals surface area contributed by atoms with Gasteiger partial charge in [-0.05, 0) is 36.1 Å². The van der Waals surface area contributed by atoms with Gasteiger partial charge in [0.05, 0.1) is 6.42 Å². The van der Waals surface area contributed by atoms with Crippen molar-refractivity contribution in [1.29, 1.82) is 0 Å². The Morgan fingerprint density at radius 1 is 0.946 bits per heavy atom. The van der Waals surface area contributed by atoms with E-state index in [-0.39, 0.29) is 18.7 Å². The van der Waals surface area contributed by atoms with Crippen molar-refractivity contribution in [2.24, 2.45) is 11.0 Å². The third kappa shape index (κ3) is 11.3. The number of carbonyl (C=O) groups is 5. The summed E-state index contributed by atoms with van der Waals surface area (Å²) in [5, 5.41) is 31.8. The number of nitrogens with one attached hydrogen (secondary N) is 4. The molecule has 37 heavy (non-hydrogen) atoms. The number of carboxylic acids is 1. The van der Waals surface area contributed by atoms with Crippen LogP contribution < -0.4 is 21.3 Å². The van der Waals surface area contributed by atoms with Crippen molar-refractivity contribution in [3.63, 3.8) is 0 Å². The molecule has 1 aromatic rings. The van der Waals surface area contributed by atoms with Gasteiger partial charge in [0, 0.05) is 30.8 Å². The molecule has 0 aliphatic rings. The highest BCUT2D eigenvalue weighted by Crippen LogP contribution is 2.12. The number of azide groups is 1. The predicted molar refractivity (Wildman–Crippen MR) is 132 cm³/mol. The minimum Gasteiger partial charge on any atom is -0.508 e. The molecule has 0 unspecified atom stereocenters. The van der Waals surface area contributed by atoms with Crippen LogP contribution in [0.15, 0.2) is 29.4 Å². The summed E-state index contributed by atoms with van der Waals surface area (Å²) in [6.07, 6.45) is -0.380. The molecule has 0 radical (unpaired) electrons. The van der Waals surface area contributed by atoms with Crippen molar-refractivity contribution in [2.45, 2.75) is 64.7 Å². The molecule has 0 aliphatic carbocycles. The van der Waals surface area contributed by atoms with Gasteiger partial charge in [-0.25, -0.2) is 0 Å². The van der Waals surface area contributed by atoms with Crippen molar-refractivity contribution in [1.82, 2.24) is 21.3 Å². The van der Waals surface area contributed by atoms with Gasteiger partial charge in [-0.1, -0.05) is 31.1 Å². The van der Waals surface area contributed by atoms with E-state index in [1.165, 1.54) is 26.0 Å². The van der Waals surface area contributed by atoms with Crippen molar-refractivity contribution >= 4 is 29.6 Å². The number of hydrogen-bond acceptors (Lipinski definition) is 7. The van der Waals surface area contributed by atoms with Gasteiger partial charge in [0.2, 0.25) is 23.6 Å². The van der Waals surface area contributed by atoms with Crippen molar-refractivity contribution < 1.29 is 34.2 Å². The lowest BCUT2D eigenvalue weighted by molar-refractivity contribution is -0.138. The molecule has 0 aromatic heterocycles. The zero-order valence-electron chi connectivity index (χ0n) is 21.1. The number of rotatable bonds is 14. The second-order valence-corrected chi connectivity index (χ2v) is 8.80. The van der Waals surface area contributed by atoms with Gasteiger partial charge >= 0.3 is 5.97 Å². The summed E-state index contributed by atoms with van der Waals surface area (Å²) in [6, 6.07) is 1.96. The molecule has 6 N–H and O–H groups in total. The molecule has 4 amide bonds. The Bertz CT molecular complexity index is 1020. The maximum absolute atomic E-state index is 13.0. The Balaban J connectivity index is 2.90. The number of amides is 4. The minimum absolute atomic E-state index is 0.0473. The van der Waals surface area contributed by atoms with Gasteiger partial charge < -0.3 is 31.5 Å². The number of aliphatic carboxylic acids is 1. The first-order valence-electron chi connectivity index (χ1n) is 11.5. The van der Waals surface area contributed by atoms with Gasteiger partial charge in [-0.3, -0.25) is 24.0 Å². The summed E-state index contributed by atoms with van der Waals surface area (Å²) in [7, 11) is 0. The maximum atomic E-state index is 13.0. The van der Waals surface area contributed by atoms with Crippen LogP contribution in [0, 0.1) is 5.92 Å². The van der Waals surface area contributed by atoms with E-state index in [0.29, 0.717) is 5.56 Å². The largest absolute Gasteiger partial charge is 0.508 e. The fourth-order valence-electron chi connectivity index (χ4n) is 3.31. The molecule has 4 atom stereocenters. The van der Waals surface area contributed by atoms with E-state index < -0.39 is 66.1 Å². The van der Waals surface area contributed by atoms with Crippen LogP contribution in [0.25, 0.3) is 10.4 Å². The second-order valence-electron chi connectivity index (χ2n) is 8.80. The highest BCUT2D eigenvalue weighted by Gasteiger charge is 2.30. The van der Waals surface area contributed by atoms with E-state index in [4.69, 9.17) is 10.6 Å². The number of phenols is 1. The van der Waals surface area contributed by atoms with Gasteiger partial charge in [0.15, 0.2) is 0 Å². The molecular formula is C23H33N7O7. The quantitative estimate of drug-likeness (QED) is 0.115. The van der Waals surface area contributed by atoms with E-state index in [2.05, 4.69) is 31.3 Å². The van der Waals surface area contributed by atoms with E-state index in [1.807, 2.05) is 0 Å². The normalized spacial score (nSPS) is 13.8. The lowest BCUT2D eigenvalue weighted by Gasteiger charge is -2.27. The maximum Gasteiger partial charge on any atom is 0.305 e. The third-order valence-electron chi connectivity index (χ3n) is 5.20. The smallest absolute Gasteiger partial charge is 0.305 e. The van der Waals surface area contributed by atoms with E-state index in [9.17, 15) is 29.1 Å². The number of aromatic hydroxyl groups is 1. The molecule has 0 aliphatic heterocycles. The van der Waals surface area contributed by atoms with Gasteiger partial charge in [-0.2, -0.15) is 0 Å². The first-order valence-corrected chi connectivity index (χ1v) is 11.5. The summed E-state index contributed by atoms with van der Waals surface area (Å²) in [5.74, 6) is -4.00. The average Bonchev–Trinajstić information content (AvgIpc) is 2.80. The lowest BCUT2D eigenvalue weighted by Crippen LogP contribution is -2.58. The van der Waals surface area contributed by atoms with Crippen molar-refractivity contribution in [2.75, 3.05) is 6.54 Å². The molecule has 14 nitrogen and oxygen atoms in total. The topological polar surface area (TPSA) is 223 Å². The van der Waals surface area contributed by atoms with Crippen molar-refractivity contribution in [3.8, 4) is 5.75 Å². The monoisotopic (exact) mass is 519 g/mol. The molecular weight excluding hydrogens is 486 g/mol. The van der Waals surface area contributed by atoms with Crippen LogP contribution in [0.4, 0.5) is 0 Å². The summed E-state index contributed by atoms with van der Waals surface area (Å²) in [5.41, 5.74) is 9.12. The molecule has 1 rings (SSSR count). The van der Waals surface area contributed by atoms with Crippen molar-refractivity contribution in [3.05, 3.63) is 40.3 Å². The van der Waals surface area contributed by atoms with Crippen LogP contribution in [0.5, 0.6) is 5.75 Å². The Labute approximate surface area is 213 Å². The van der Waals surface area contributed by atoms with Crippen LogP contribution in [-0.2, 0) is 30.4 Å². The fourth-order valence-corrected chi connectivity index (χ4v) is 3.31. The molecule has 1 aromatic carbocycles. The number of carbonyl (C=O) groups excluding carboxylic acids is 4. The number of hydrogen-bond donors (Lipinski definition) is 6. The van der Waals surface area contributed by atoms with Crippen LogP contribution in [-0.4, -0.2) is 70.5 Å². The predicted octanol–water partition coefficient (Wildman–Crippen LogP) is 0.355. The van der Waals surface area contributed by atoms with Crippen LogP contribution in [0.1, 0.15) is 39.7 Å². The highest BCUT2D eigenvalue weighted by atomic mass is 16.4. The van der Waals surface area contributed by atoms with E-state index >= 15 is 0 Å². The lowest BCUT2D eigenvalue weighted by atomic mass is 10.0. The van der Waals surface area contributed by atoms with Crippen LogP contribution >= 0.6 is 0 Å². The van der Waals surface area contributed by atoms with Gasteiger partial charge in [0.25, 0.3) is 0 Å². The molecule has 0 spiro atoms. The summed E-state index contributed by atoms with van der Waals surface area (Å²) in [6.45, 7) is 5.72. The van der Waals surface area contributed by atoms with Gasteiger partial charge in [-0.15, -0.1) is 0 Å². The Morgan fingerprint density at radius 3 is 2.08 bits per heavy atom.